The zero-order valence-corrected chi connectivity index (χ0v) is 16.7. The molecule has 0 aliphatic heterocycles. The van der Waals surface area contributed by atoms with E-state index < -0.39 is 5.97 Å². The maximum atomic E-state index is 12.3. The van der Waals surface area contributed by atoms with Crippen molar-refractivity contribution in [2.75, 3.05) is 6.54 Å². The van der Waals surface area contributed by atoms with Gasteiger partial charge in [-0.2, -0.15) is 0 Å². The molecule has 7 heteroatoms. The van der Waals surface area contributed by atoms with E-state index in [0.717, 1.165) is 45.9 Å². The number of nitrogens with one attached hydrogen (secondary N) is 1. The van der Waals surface area contributed by atoms with Gasteiger partial charge in [-0.05, 0) is 31.0 Å². The molecule has 0 spiro atoms. The van der Waals surface area contributed by atoms with Gasteiger partial charge in [0.15, 0.2) is 5.65 Å². The molecule has 0 aliphatic rings. The van der Waals surface area contributed by atoms with Gasteiger partial charge < -0.3 is 15.0 Å². The van der Waals surface area contributed by atoms with Crippen LogP contribution in [0.4, 0.5) is 0 Å². The van der Waals surface area contributed by atoms with E-state index in [-0.39, 0.29) is 12.3 Å². The van der Waals surface area contributed by atoms with Crippen LogP contribution >= 0.6 is 0 Å². The topological polar surface area (TPSA) is 97.1 Å². The largest absolute Gasteiger partial charge is 0.481 e. The summed E-state index contributed by atoms with van der Waals surface area (Å²) < 4.78 is 2.07. The van der Waals surface area contributed by atoms with Crippen molar-refractivity contribution in [1.29, 1.82) is 0 Å². The van der Waals surface area contributed by atoms with Crippen LogP contribution in [0.5, 0.6) is 0 Å². The lowest BCUT2D eigenvalue weighted by molar-refractivity contribution is -0.137. The number of aliphatic carboxylic acids is 1. The number of aryl methyl sites for hydroxylation is 1. The molecule has 2 heterocycles. The fourth-order valence-corrected chi connectivity index (χ4v) is 3.72. The van der Waals surface area contributed by atoms with Crippen LogP contribution in [-0.2, 0) is 16.1 Å². The summed E-state index contributed by atoms with van der Waals surface area (Å²) >= 11 is 0. The minimum Gasteiger partial charge on any atom is -0.481 e. The highest BCUT2D eigenvalue weighted by Crippen LogP contribution is 2.28. The Kier molecular flexibility index (Phi) is 5.88. The van der Waals surface area contributed by atoms with E-state index in [1.54, 1.807) is 0 Å². The number of benzene rings is 2. The van der Waals surface area contributed by atoms with Crippen molar-refractivity contribution in [2.24, 2.45) is 0 Å². The van der Waals surface area contributed by atoms with E-state index in [4.69, 9.17) is 15.1 Å². The average molecular weight is 404 g/mol. The quantitative estimate of drug-likeness (QED) is 0.413. The number of carboxylic acids is 1. The Morgan fingerprint density at radius 3 is 2.43 bits per heavy atom. The predicted octanol–water partition coefficient (Wildman–Crippen LogP) is 3.89. The number of nitrogens with zero attached hydrogens (tertiary/aromatic N) is 3. The maximum absolute atomic E-state index is 12.3. The van der Waals surface area contributed by atoms with E-state index in [1.807, 2.05) is 48.5 Å². The molecule has 4 rings (SSSR count). The molecular weight excluding hydrogens is 380 g/mol. The van der Waals surface area contributed by atoms with Crippen molar-refractivity contribution >= 4 is 45.0 Å². The van der Waals surface area contributed by atoms with Gasteiger partial charge in [0.05, 0.1) is 16.6 Å². The molecule has 154 valence electrons. The third kappa shape index (κ3) is 4.25. The minimum atomic E-state index is -0.777. The molecule has 0 saturated heterocycles. The highest BCUT2D eigenvalue weighted by Gasteiger charge is 2.15. The summed E-state index contributed by atoms with van der Waals surface area (Å²) in [5, 5.41) is 12.6. The number of hydrogen-bond acceptors (Lipinski definition) is 4. The first-order valence-electron chi connectivity index (χ1n) is 10.3. The molecular formula is C23H24N4O3. The predicted molar refractivity (Wildman–Crippen MR) is 116 cm³/mol. The lowest BCUT2D eigenvalue weighted by atomic mass is 10.2. The number of hydrogen-bond donors (Lipinski definition) is 2. The zero-order valence-electron chi connectivity index (χ0n) is 16.7. The summed E-state index contributed by atoms with van der Waals surface area (Å²) in [6, 6.07) is 15.8. The number of rotatable bonds is 9. The van der Waals surface area contributed by atoms with Crippen LogP contribution in [0, 0.1) is 0 Å². The molecule has 7 nitrogen and oxygen atoms in total. The van der Waals surface area contributed by atoms with Gasteiger partial charge in [0.25, 0.3) is 0 Å². The summed E-state index contributed by atoms with van der Waals surface area (Å²) in [5.41, 5.74) is 4.34. The second-order valence-electron chi connectivity index (χ2n) is 7.36. The Hall–Kier alpha value is -3.48. The van der Waals surface area contributed by atoms with Crippen molar-refractivity contribution in [1.82, 2.24) is 19.9 Å². The normalized spacial score (nSPS) is 11.3. The van der Waals surface area contributed by atoms with Crippen LogP contribution in [-0.4, -0.2) is 38.1 Å². The maximum Gasteiger partial charge on any atom is 0.303 e. The van der Waals surface area contributed by atoms with Crippen molar-refractivity contribution < 1.29 is 14.7 Å². The number of para-hydroxylation sites is 3. The first-order chi connectivity index (χ1) is 14.6. The summed E-state index contributed by atoms with van der Waals surface area (Å²) in [4.78, 5) is 32.5. The number of amides is 1. The Bertz CT molecular complexity index is 1220. The number of carboxylic acid groups (broad SMARTS) is 1. The van der Waals surface area contributed by atoms with Gasteiger partial charge in [0.1, 0.15) is 5.52 Å². The van der Waals surface area contributed by atoms with Gasteiger partial charge in [-0.1, -0.05) is 36.8 Å². The summed E-state index contributed by atoms with van der Waals surface area (Å²) in [6.45, 7) is 1.08. The fraction of sp³-hybridized carbons (Fsp3) is 0.304. The van der Waals surface area contributed by atoms with Crippen LogP contribution in [0.15, 0.2) is 48.5 Å². The highest BCUT2D eigenvalue weighted by molar-refractivity contribution is 6.06. The lowest BCUT2D eigenvalue weighted by Gasteiger charge is -2.08. The monoisotopic (exact) mass is 404 g/mol. The number of fused-ring (bicyclic) bond motifs is 4. The van der Waals surface area contributed by atoms with Crippen molar-refractivity contribution in [3.63, 3.8) is 0 Å². The fourth-order valence-electron chi connectivity index (χ4n) is 3.72. The molecule has 0 radical (unpaired) electrons. The van der Waals surface area contributed by atoms with E-state index >= 15 is 0 Å². The zero-order chi connectivity index (χ0) is 20.9. The van der Waals surface area contributed by atoms with Gasteiger partial charge in [-0.15, -0.1) is 0 Å². The van der Waals surface area contributed by atoms with E-state index in [2.05, 4.69) is 9.88 Å². The van der Waals surface area contributed by atoms with Crippen LogP contribution in [0.3, 0.4) is 0 Å². The molecule has 2 aromatic carbocycles. The van der Waals surface area contributed by atoms with Gasteiger partial charge in [0.2, 0.25) is 5.91 Å². The first-order valence-corrected chi connectivity index (χ1v) is 10.3. The Labute approximate surface area is 173 Å². The Morgan fingerprint density at radius 1 is 0.900 bits per heavy atom. The first kappa shape index (κ1) is 19.8. The SMILES string of the molecule is O=C(O)CCCCCNC(=O)CCn1c2ccccc2c2nc3ccccc3nc21. The number of carbonyl (C=O) groups is 2. The van der Waals surface area contributed by atoms with Gasteiger partial charge >= 0.3 is 5.97 Å². The molecule has 0 atom stereocenters. The van der Waals surface area contributed by atoms with Crippen LogP contribution in [0.1, 0.15) is 32.1 Å². The molecule has 30 heavy (non-hydrogen) atoms. The van der Waals surface area contributed by atoms with E-state index in [9.17, 15) is 9.59 Å². The second-order valence-corrected chi connectivity index (χ2v) is 7.36. The minimum absolute atomic E-state index is 0.0204. The van der Waals surface area contributed by atoms with Crippen LogP contribution < -0.4 is 5.32 Å². The molecule has 0 unspecified atom stereocenters. The molecule has 0 bridgehead atoms. The van der Waals surface area contributed by atoms with Crippen molar-refractivity contribution in [3.05, 3.63) is 48.5 Å². The Balaban J connectivity index is 1.47. The average Bonchev–Trinajstić information content (AvgIpc) is 3.05. The van der Waals surface area contributed by atoms with Crippen molar-refractivity contribution in [3.8, 4) is 0 Å². The molecule has 4 aromatic rings. The van der Waals surface area contributed by atoms with E-state index in [1.165, 1.54) is 0 Å². The molecule has 0 fully saturated rings. The highest BCUT2D eigenvalue weighted by atomic mass is 16.4. The molecule has 0 saturated carbocycles. The number of unbranched alkanes of at least 4 members (excludes halogenated alkanes) is 2. The summed E-state index contributed by atoms with van der Waals surface area (Å²) in [5.74, 6) is -0.797. The van der Waals surface area contributed by atoms with Crippen molar-refractivity contribution in [2.45, 2.75) is 38.6 Å². The van der Waals surface area contributed by atoms with E-state index in [0.29, 0.717) is 25.9 Å². The summed E-state index contributed by atoms with van der Waals surface area (Å²) in [7, 11) is 0. The summed E-state index contributed by atoms with van der Waals surface area (Å²) in [6.07, 6.45) is 2.74. The molecule has 1 amide bonds. The number of carbonyl (C=O) groups excluding carboxylic acids is 1. The Morgan fingerprint density at radius 2 is 1.63 bits per heavy atom. The van der Waals surface area contributed by atoms with Gasteiger partial charge in [-0.25, -0.2) is 9.97 Å². The number of aromatic nitrogens is 3. The van der Waals surface area contributed by atoms with Crippen LogP contribution in [0.25, 0.3) is 33.1 Å². The third-order valence-corrected chi connectivity index (χ3v) is 5.21. The molecule has 2 N–H and O–H groups in total. The van der Waals surface area contributed by atoms with Gasteiger partial charge in [0, 0.05) is 31.3 Å². The lowest BCUT2D eigenvalue weighted by Crippen LogP contribution is -2.25. The second kappa shape index (κ2) is 8.90. The standard InChI is InChI=1S/C23H24N4O3/c28-20(24-14-7-1-2-12-21(29)30)13-15-27-19-11-6-3-8-16(19)22-23(27)26-18-10-5-4-9-17(18)25-22/h3-6,8-11H,1-2,7,12-15H2,(H,24,28)(H,29,30). The smallest absolute Gasteiger partial charge is 0.303 e. The van der Waals surface area contributed by atoms with Crippen LogP contribution in [0.2, 0.25) is 0 Å². The van der Waals surface area contributed by atoms with Gasteiger partial charge in [-0.3, -0.25) is 9.59 Å². The third-order valence-electron chi connectivity index (χ3n) is 5.21. The molecule has 0 aliphatic carbocycles. The molecule has 2 aromatic heterocycles.